The highest BCUT2D eigenvalue weighted by Gasteiger charge is 2.26. The minimum atomic E-state index is -0.186. The van der Waals surface area contributed by atoms with E-state index in [1.807, 2.05) is 6.92 Å². The monoisotopic (exact) mass is 470 g/mol. The minimum absolute atomic E-state index is 0.151. The summed E-state index contributed by atoms with van der Waals surface area (Å²) in [4.78, 5) is 44.8. The Balaban J connectivity index is 1.46. The lowest BCUT2D eigenvalue weighted by atomic mass is 10.1. The van der Waals surface area contributed by atoms with E-state index in [2.05, 4.69) is 4.98 Å². The van der Waals surface area contributed by atoms with Gasteiger partial charge in [-0.15, -0.1) is 0 Å². The topological polar surface area (TPSA) is 101 Å². The Morgan fingerprint density at radius 2 is 1.85 bits per heavy atom. The molecule has 9 nitrogen and oxygen atoms in total. The Kier molecular flexibility index (Phi) is 7.05. The molecule has 0 unspecified atom stereocenters. The van der Waals surface area contributed by atoms with Gasteiger partial charge in [0.1, 0.15) is 0 Å². The third-order valence-electron chi connectivity index (χ3n) is 5.69. The SMILES string of the molecule is CCOCCCn1c(=S)[nH]c2cc(C(=O)N3CCN(C(=O)c4ccco4)CC3)ccc2c1=O. The highest BCUT2D eigenvalue weighted by atomic mass is 32.1. The number of H-pyrrole nitrogens is 1. The number of aromatic amines is 1. The molecule has 0 bridgehead atoms. The van der Waals surface area contributed by atoms with Crippen molar-refractivity contribution in [3.63, 3.8) is 0 Å². The zero-order valence-electron chi connectivity index (χ0n) is 18.4. The maximum atomic E-state index is 13.1. The van der Waals surface area contributed by atoms with Gasteiger partial charge in [0.15, 0.2) is 10.5 Å². The average Bonchev–Trinajstić information content (AvgIpc) is 3.37. The van der Waals surface area contributed by atoms with Gasteiger partial charge in [-0.25, -0.2) is 0 Å². The lowest BCUT2D eigenvalue weighted by molar-refractivity contribution is 0.0518. The highest BCUT2D eigenvalue weighted by molar-refractivity contribution is 7.71. The quantitative estimate of drug-likeness (QED) is 0.421. The summed E-state index contributed by atoms with van der Waals surface area (Å²) in [7, 11) is 0. The minimum Gasteiger partial charge on any atom is -0.459 e. The van der Waals surface area contributed by atoms with E-state index < -0.39 is 0 Å². The molecule has 4 rings (SSSR count). The van der Waals surface area contributed by atoms with Crippen molar-refractivity contribution in [2.24, 2.45) is 0 Å². The molecule has 2 amide bonds. The first-order valence-corrected chi connectivity index (χ1v) is 11.4. The molecule has 0 spiro atoms. The van der Waals surface area contributed by atoms with Crippen LogP contribution in [0.5, 0.6) is 0 Å². The summed E-state index contributed by atoms with van der Waals surface area (Å²) >= 11 is 5.38. The Morgan fingerprint density at radius 3 is 2.52 bits per heavy atom. The van der Waals surface area contributed by atoms with Crippen LogP contribution < -0.4 is 5.56 Å². The number of amides is 2. The van der Waals surface area contributed by atoms with Crippen molar-refractivity contribution in [1.82, 2.24) is 19.4 Å². The number of ether oxygens (including phenoxy) is 1. The predicted octanol–water partition coefficient (Wildman–Crippen LogP) is 2.68. The van der Waals surface area contributed by atoms with E-state index in [0.29, 0.717) is 79.4 Å². The van der Waals surface area contributed by atoms with Crippen molar-refractivity contribution in [2.75, 3.05) is 39.4 Å². The molecule has 3 heterocycles. The number of rotatable bonds is 7. The number of benzene rings is 1. The van der Waals surface area contributed by atoms with E-state index in [0.717, 1.165) is 0 Å². The Hall–Kier alpha value is -3.24. The summed E-state index contributed by atoms with van der Waals surface area (Å²) in [6.07, 6.45) is 2.15. The van der Waals surface area contributed by atoms with E-state index in [4.69, 9.17) is 21.4 Å². The van der Waals surface area contributed by atoms with E-state index in [9.17, 15) is 14.4 Å². The Bertz CT molecular complexity index is 1260. The highest BCUT2D eigenvalue weighted by Crippen LogP contribution is 2.16. The normalized spacial score (nSPS) is 14.1. The van der Waals surface area contributed by atoms with Crippen LogP contribution in [0.3, 0.4) is 0 Å². The van der Waals surface area contributed by atoms with Crippen LogP contribution in [0.1, 0.15) is 34.3 Å². The molecule has 3 aromatic rings. The van der Waals surface area contributed by atoms with Gasteiger partial charge >= 0.3 is 0 Å². The molecule has 1 aromatic carbocycles. The molecular weight excluding hydrogens is 444 g/mol. The average molecular weight is 471 g/mol. The second-order valence-electron chi connectivity index (χ2n) is 7.76. The summed E-state index contributed by atoms with van der Waals surface area (Å²) in [6, 6.07) is 8.29. The van der Waals surface area contributed by atoms with Gasteiger partial charge in [0.2, 0.25) is 0 Å². The van der Waals surface area contributed by atoms with Crippen LogP contribution in [0.2, 0.25) is 0 Å². The molecule has 1 aliphatic rings. The fourth-order valence-corrected chi connectivity index (χ4v) is 4.20. The van der Waals surface area contributed by atoms with Crippen molar-refractivity contribution in [2.45, 2.75) is 19.9 Å². The van der Waals surface area contributed by atoms with E-state index in [1.54, 1.807) is 40.1 Å². The summed E-state index contributed by atoms with van der Waals surface area (Å²) in [6.45, 7) is 5.26. The van der Waals surface area contributed by atoms with Gasteiger partial charge in [0.05, 0.1) is 17.2 Å². The number of piperazine rings is 1. The molecule has 0 atom stereocenters. The number of fused-ring (bicyclic) bond motifs is 1. The summed E-state index contributed by atoms with van der Waals surface area (Å²) in [5.41, 5.74) is 0.810. The summed E-state index contributed by atoms with van der Waals surface area (Å²) in [5, 5.41) is 0.477. The molecule has 1 saturated heterocycles. The Labute approximate surface area is 195 Å². The number of carbonyl (C=O) groups excluding carboxylic acids is 2. The van der Waals surface area contributed by atoms with Crippen LogP contribution >= 0.6 is 12.2 Å². The molecule has 0 saturated carbocycles. The largest absolute Gasteiger partial charge is 0.459 e. The van der Waals surface area contributed by atoms with Crippen molar-refractivity contribution in [3.05, 3.63) is 63.0 Å². The number of hydrogen-bond acceptors (Lipinski definition) is 6. The molecule has 1 fully saturated rings. The van der Waals surface area contributed by atoms with Gasteiger partial charge in [-0.05, 0) is 55.9 Å². The van der Waals surface area contributed by atoms with Crippen LogP contribution in [0.4, 0.5) is 0 Å². The van der Waals surface area contributed by atoms with Gasteiger partial charge in [-0.1, -0.05) is 0 Å². The number of furan rings is 1. The Morgan fingerprint density at radius 1 is 1.12 bits per heavy atom. The van der Waals surface area contributed by atoms with Gasteiger partial charge in [0.25, 0.3) is 17.4 Å². The smallest absolute Gasteiger partial charge is 0.289 e. The lowest BCUT2D eigenvalue weighted by Crippen LogP contribution is -2.50. The van der Waals surface area contributed by atoms with Gasteiger partial charge in [-0.2, -0.15) is 0 Å². The van der Waals surface area contributed by atoms with Gasteiger partial charge in [-0.3, -0.25) is 19.0 Å². The first-order chi connectivity index (χ1) is 16.0. The molecule has 2 aromatic heterocycles. The van der Waals surface area contributed by atoms with Crippen molar-refractivity contribution in [3.8, 4) is 0 Å². The second-order valence-corrected chi connectivity index (χ2v) is 8.15. The molecule has 10 heteroatoms. The molecule has 0 radical (unpaired) electrons. The summed E-state index contributed by atoms with van der Waals surface area (Å²) in [5.74, 6) is -0.0340. The van der Waals surface area contributed by atoms with Crippen LogP contribution in [0, 0.1) is 4.77 Å². The number of nitrogens with zero attached hydrogens (tertiary/aromatic N) is 3. The van der Waals surface area contributed by atoms with Crippen LogP contribution in [0.25, 0.3) is 10.9 Å². The van der Waals surface area contributed by atoms with Crippen LogP contribution in [-0.4, -0.2) is 70.6 Å². The van der Waals surface area contributed by atoms with Gasteiger partial charge < -0.3 is 23.9 Å². The van der Waals surface area contributed by atoms with Gasteiger partial charge in [0, 0.05) is 51.5 Å². The second kappa shape index (κ2) is 10.1. The standard InChI is InChI=1S/C23H26N4O5S/c1-2-31-13-4-8-27-21(29)17-7-6-16(15-18(17)24-23(27)33)20(28)25-9-11-26(12-10-25)22(30)19-5-3-14-32-19/h3,5-7,14-15H,2,4,8-13H2,1H3,(H,24,33). The maximum absolute atomic E-state index is 13.1. The molecule has 174 valence electrons. The molecule has 1 aliphatic heterocycles. The molecule has 33 heavy (non-hydrogen) atoms. The number of hydrogen-bond donors (Lipinski definition) is 1. The van der Waals surface area contributed by atoms with Crippen LogP contribution in [-0.2, 0) is 11.3 Å². The van der Waals surface area contributed by atoms with Crippen molar-refractivity contribution in [1.29, 1.82) is 0 Å². The first-order valence-electron chi connectivity index (χ1n) is 11.0. The first kappa shape index (κ1) is 22.9. The zero-order chi connectivity index (χ0) is 23.4. The fraction of sp³-hybridized carbons (Fsp3) is 0.391. The summed E-state index contributed by atoms with van der Waals surface area (Å²) < 4.78 is 12.3. The molecular formula is C23H26N4O5S. The van der Waals surface area contributed by atoms with Crippen molar-refractivity contribution < 1.29 is 18.7 Å². The third-order valence-corrected chi connectivity index (χ3v) is 6.01. The van der Waals surface area contributed by atoms with E-state index in [-0.39, 0.29) is 17.4 Å². The lowest BCUT2D eigenvalue weighted by Gasteiger charge is -2.34. The fourth-order valence-electron chi connectivity index (χ4n) is 3.91. The maximum Gasteiger partial charge on any atom is 0.289 e. The third kappa shape index (κ3) is 4.91. The zero-order valence-corrected chi connectivity index (χ0v) is 19.2. The number of carbonyl (C=O) groups is 2. The predicted molar refractivity (Wildman–Crippen MR) is 125 cm³/mol. The van der Waals surface area contributed by atoms with E-state index >= 15 is 0 Å². The number of aromatic nitrogens is 2. The number of nitrogens with one attached hydrogen (secondary N) is 1. The van der Waals surface area contributed by atoms with E-state index in [1.165, 1.54) is 10.8 Å². The molecule has 1 N–H and O–H groups in total. The molecule has 0 aliphatic carbocycles. The van der Waals surface area contributed by atoms with Crippen molar-refractivity contribution >= 4 is 34.9 Å². The van der Waals surface area contributed by atoms with Crippen LogP contribution in [0.15, 0.2) is 45.8 Å².